The van der Waals surface area contributed by atoms with Crippen molar-refractivity contribution < 1.29 is 25.2 Å². The summed E-state index contributed by atoms with van der Waals surface area (Å²) in [6, 6.07) is -1.01. The summed E-state index contributed by atoms with van der Waals surface area (Å²) in [6.45, 7) is 4.04. The van der Waals surface area contributed by atoms with E-state index in [1.165, 1.54) is 250 Å². The van der Waals surface area contributed by atoms with Crippen LogP contribution < -0.4 is 5.32 Å². The summed E-state index contributed by atoms with van der Waals surface area (Å²) in [5, 5.41) is 43.8. The maximum atomic E-state index is 12.6. The second kappa shape index (κ2) is 56.4. The highest BCUT2D eigenvalue weighted by atomic mass is 16.3. The van der Waals surface area contributed by atoms with E-state index in [1.807, 2.05) is 0 Å². The predicted molar refractivity (Wildman–Crippen MR) is 297 cm³/mol. The van der Waals surface area contributed by atoms with Gasteiger partial charge < -0.3 is 25.7 Å². The Hall–Kier alpha value is -1.47. The molecule has 5 N–H and O–H groups in total. The Morgan fingerprint density at radius 2 is 0.618 bits per heavy atom. The van der Waals surface area contributed by atoms with Crippen LogP contribution in [0.15, 0.2) is 36.5 Å². The summed E-state index contributed by atoms with van der Waals surface area (Å²) < 4.78 is 0. The minimum Gasteiger partial charge on any atom is -0.394 e. The van der Waals surface area contributed by atoms with Crippen molar-refractivity contribution in [3.63, 3.8) is 0 Å². The van der Waals surface area contributed by atoms with Crippen molar-refractivity contribution in [1.29, 1.82) is 0 Å². The topological polar surface area (TPSA) is 110 Å². The van der Waals surface area contributed by atoms with Gasteiger partial charge in [-0.15, -0.1) is 0 Å². The minimum atomic E-state index is -1.29. The number of allylic oxidation sites excluding steroid dienone is 6. The number of hydrogen-bond acceptors (Lipinski definition) is 5. The monoisotopic (exact) mass is 958 g/mol. The smallest absolute Gasteiger partial charge is 0.249 e. The van der Waals surface area contributed by atoms with E-state index in [2.05, 4.69) is 55.6 Å². The zero-order valence-electron chi connectivity index (χ0n) is 45.6. The van der Waals surface area contributed by atoms with E-state index in [4.69, 9.17) is 0 Å². The molecule has 0 aromatic carbocycles. The fourth-order valence-electron chi connectivity index (χ4n) is 9.54. The lowest BCUT2D eigenvalue weighted by molar-refractivity contribution is -0.132. The highest BCUT2D eigenvalue weighted by Gasteiger charge is 2.28. The van der Waals surface area contributed by atoms with Gasteiger partial charge in [-0.1, -0.05) is 281 Å². The number of aliphatic hydroxyl groups excluding tert-OH is 4. The van der Waals surface area contributed by atoms with Crippen molar-refractivity contribution in [2.24, 2.45) is 0 Å². The van der Waals surface area contributed by atoms with E-state index in [0.29, 0.717) is 19.3 Å². The number of unbranched alkanes of at least 4 members (excludes halogenated alkanes) is 41. The Bertz CT molecular complexity index is 1080. The average Bonchev–Trinajstić information content (AvgIpc) is 3.34. The molecule has 68 heavy (non-hydrogen) atoms. The van der Waals surface area contributed by atoms with Crippen LogP contribution in [0.25, 0.3) is 0 Å². The van der Waals surface area contributed by atoms with E-state index >= 15 is 0 Å². The molecule has 0 aliphatic heterocycles. The fourth-order valence-corrected chi connectivity index (χ4v) is 9.54. The highest BCUT2D eigenvalue weighted by Crippen LogP contribution is 2.18. The van der Waals surface area contributed by atoms with Crippen molar-refractivity contribution in [2.45, 2.75) is 346 Å². The summed E-state index contributed by atoms with van der Waals surface area (Å²) >= 11 is 0. The van der Waals surface area contributed by atoms with Crippen LogP contribution in [0.1, 0.15) is 322 Å². The van der Waals surface area contributed by atoms with Gasteiger partial charge in [0.2, 0.25) is 5.91 Å². The molecule has 0 rings (SSSR count). The molecule has 4 atom stereocenters. The Morgan fingerprint density at radius 3 is 0.926 bits per heavy atom. The van der Waals surface area contributed by atoms with E-state index in [9.17, 15) is 25.2 Å². The predicted octanol–water partition coefficient (Wildman–Crippen LogP) is 18.0. The number of hydrogen-bond donors (Lipinski definition) is 5. The Labute approximate surface area is 424 Å². The van der Waals surface area contributed by atoms with Crippen molar-refractivity contribution in [3.8, 4) is 0 Å². The molecule has 0 aromatic heterocycles. The van der Waals surface area contributed by atoms with E-state index in [-0.39, 0.29) is 0 Å². The van der Waals surface area contributed by atoms with Crippen molar-refractivity contribution in [2.75, 3.05) is 6.61 Å². The normalized spacial score (nSPS) is 13.9. The zero-order valence-corrected chi connectivity index (χ0v) is 45.6. The molecule has 4 unspecified atom stereocenters. The van der Waals surface area contributed by atoms with Gasteiger partial charge in [-0.25, -0.2) is 0 Å². The summed E-state index contributed by atoms with van der Waals surface area (Å²) in [5.41, 5.74) is 0. The molecule has 0 aliphatic rings. The quantitative estimate of drug-likeness (QED) is 0.0308. The fraction of sp³-hybridized carbons (Fsp3) is 0.887. The van der Waals surface area contributed by atoms with E-state index < -0.39 is 36.9 Å². The third kappa shape index (κ3) is 49.5. The van der Waals surface area contributed by atoms with Gasteiger partial charge in [0, 0.05) is 0 Å². The molecule has 0 spiro atoms. The van der Waals surface area contributed by atoms with Gasteiger partial charge in [0.15, 0.2) is 0 Å². The van der Waals surface area contributed by atoms with Gasteiger partial charge in [0.1, 0.15) is 12.2 Å². The molecule has 0 saturated carbocycles. The average molecular weight is 959 g/mol. The third-order valence-corrected chi connectivity index (χ3v) is 14.3. The van der Waals surface area contributed by atoms with Gasteiger partial charge in [0.05, 0.1) is 18.8 Å². The second-order valence-corrected chi connectivity index (χ2v) is 21.0. The molecular weight excluding hydrogens is 839 g/mol. The lowest BCUT2D eigenvalue weighted by atomic mass is 10.00. The van der Waals surface area contributed by atoms with Gasteiger partial charge in [0.25, 0.3) is 0 Å². The van der Waals surface area contributed by atoms with Crippen LogP contribution >= 0.6 is 0 Å². The van der Waals surface area contributed by atoms with Crippen LogP contribution in [0.4, 0.5) is 0 Å². The molecule has 0 radical (unpaired) electrons. The minimum absolute atomic E-state index is 0.362. The second-order valence-electron chi connectivity index (χ2n) is 21.0. The van der Waals surface area contributed by atoms with Gasteiger partial charge in [-0.2, -0.15) is 0 Å². The first kappa shape index (κ1) is 66.5. The lowest BCUT2D eigenvalue weighted by Crippen LogP contribution is -2.53. The summed E-state index contributed by atoms with van der Waals surface area (Å²) in [4.78, 5) is 12.6. The lowest BCUT2D eigenvalue weighted by Gasteiger charge is -2.27. The van der Waals surface area contributed by atoms with Crippen LogP contribution in [-0.2, 0) is 4.79 Å². The zero-order chi connectivity index (χ0) is 49.5. The summed E-state index contributed by atoms with van der Waals surface area (Å²) in [7, 11) is 0. The van der Waals surface area contributed by atoms with Gasteiger partial charge in [-0.05, 0) is 77.0 Å². The number of aliphatic hydroxyl groups is 4. The Balaban J connectivity index is 3.52. The molecule has 0 heterocycles. The molecule has 0 saturated heterocycles. The maximum Gasteiger partial charge on any atom is 0.249 e. The highest BCUT2D eigenvalue weighted by molar-refractivity contribution is 5.80. The van der Waals surface area contributed by atoms with Crippen molar-refractivity contribution in [3.05, 3.63) is 36.5 Å². The van der Waals surface area contributed by atoms with Gasteiger partial charge >= 0.3 is 0 Å². The van der Waals surface area contributed by atoms with Crippen molar-refractivity contribution >= 4 is 5.91 Å². The number of carbonyl (C=O) groups is 1. The standard InChI is InChI=1S/C62H119NO5/c1-3-5-7-9-11-13-15-17-19-20-21-22-23-24-25-26-27-28-29-30-31-32-33-34-35-36-37-38-39-40-41-42-44-46-48-50-52-54-56-60(66)62(68)63-58(57-64)61(67)59(65)55-53-51-49-47-45-43-18-16-14-12-10-8-6-4-2/h16,18,30-31,47,49,58-61,64-67H,3-15,17,19-29,32-46,48,50-57H2,1-2H3,(H,63,68)/b18-16+,31-30-,49-47+. The van der Waals surface area contributed by atoms with Crippen LogP contribution in [-0.4, -0.2) is 57.3 Å². The first-order chi connectivity index (χ1) is 33.5. The molecule has 6 heteroatoms. The maximum absolute atomic E-state index is 12.6. The van der Waals surface area contributed by atoms with E-state index in [1.54, 1.807) is 0 Å². The Morgan fingerprint density at radius 1 is 0.353 bits per heavy atom. The summed E-state index contributed by atoms with van der Waals surface area (Å²) in [5.74, 6) is -0.594. The van der Waals surface area contributed by atoms with Crippen LogP contribution in [0, 0.1) is 0 Å². The molecule has 0 bridgehead atoms. The number of nitrogens with one attached hydrogen (secondary N) is 1. The summed E-state index contributed by atoms with van der Waals surface area (Å²) in [6.07, 6.45) is 71.1. The van der Waals surface area contributed by atoms with Gasteiger partial charge in [-0.3, -0.25) is 4.79 Å². The SMILES string of the molecule is CCCCCCC/C=C/CC/C=C/CCCC(O)C(O)C(CO)NC(=O)C(O)CCCCCCCCCCCCCCCCCC/C=C\CCCCCCCCCCCCCCCCCCCC. The first-order valence-electron chi connectivity index (χ1n) is 30.4. The molecular formula is C62H119NO5. The van der Waals surface area contributed by atoms with Crippen LogP contribution in [0.3, 0.4) is 0 Å². The largest absolute Gasteiger partial charge is 0.394 e. The first-order valence-corrected chi connectivity index (χ1v) is 30.4. The molecule has 1 amide bonds. The Kier molecular flexibility index (Phi) is 55.2. The third-order valence-electron chi connectivity index (χ3n) is 14.3. The molecule has 6 nitrogen and oxygen atoms in total. The van der Waals surface area contributed by atoms with Crippen molar-refractivity contribution in [1.82, 2.24) is 5.32 Å². The molecule has 0 aromatic rings. The van der Waals surface area contributed by atoms with Crippen LogP contribution in [0.5, 0.6) is 0 Å². The molecule has 0 aliphatic carbocycles. The van der Waals surface area contributed by atoms with Crippen LogP contribution in [0.2, 0.25) is 0 Å². The number of amides is 1. The molecule has 0 fully saturated rings. The van der Waals surface area contributed by atoms with E-state index in [0.717, 1.165) is 38.5 Å². The molecule has 402 valence electrons. The number of rotatable bonds is 56. The number of carbonyl (C=O) groups excluding carboxylic acids is 1.